The van der Waals surface area contributed by atoms with E-state index in [1.54, 1.807) is 5.57 Å². The Morgan fingerprint density at radius 3 is 1.90 bits per heavy atom. The molecule has 4 aliphatic carbocycles. The molecule has 0 saturated heterocycles. The largest absolute Gasteiger partial charge is 0.487 e. The van der Waals surface area contributed by atoms with Crippen LogP contribution in [0, 0.1) is 91.8 Å². The summed E-state index contributed by atoms with van der Waals surface area (Å²) in [6.45, 7) is 39.8. The number of allylic oxidation sites excluding steroid dienone is 6. The molecule has 348 valence electrons. The molecule has 0 radical (unpaired) electrons. The summed E-state index contributed by atoms with van der Waals surface area (Å²) in [5, 5.41) is 0. The Kier molecular flexibility index (Phi) is 19.5. The molecular weight excluding hydrogens is 737 g/mol. The molecule has 1 nitrogen and oxygen atoms in total. The Morgan fingerprint density at radius 2 is 1.26 bits per heavy atom. The molecule has 10 atom stereocenters. The molecule has 6 rings (SSSR count). The van der Waals surface area contributed by atoms with E-state index < -0.39 is 0 Å². The van der Waals surface area contributed by atoms with Crippen molar-refractivity contribution >= 4 is 0 Å². The third kappa shape index (κ3) is 12.5. The molecule has 1 heterocycles. The zero-order chi connectivity index (χ0) is 45.3. The van der Waals surface area contributed by atoms with Crippen LogP contribution in [0.1, 0.15) is 233 Å². The lowest BCUT2D eigenvalue weighted by Crippen LogP contribution is -2.45. The summed E-state index contributed by atoms with van der Waals surface area (Å²) >= 11 is 0. The molecule has 1 aromatic carbocycles. The minimum Gasteiger partial charge on any atom is -0.487 e. The van der Waals surface area contributed by atoms with E-state index in [0.29, 0.717) is 22.7 Å². The molecule has 0 amide bonds. The SMILES string of the molecule is CC.CC(C)C(C)/C=C/C(C)C1CCC2C3=CC=C4CCCCC4(C)C3CCC21C.Cc1c(C)c(C)c2c(c1C)CCC(C)(CCCC(C)CCCC(C)CCCC(C)C)O2. The van der Waals surface area contributed by atoms with E-state index in [-0.39, 0.29) is 5.60 Å². The summed E-state index contributed by atoms with van der Waals surface area (Å²) < 4.78 is 6.72. The van der Waals surface area contributed by atoms with Crippen LogP contribution < -0.4 is 4.74 Å². The van der Waals surface area contributed by atoms with Gasteiger partial charge in [0.05, 0.1) is 0 Å². The first-order valence-electron chi connectivity index (χ1n) is 26.7. The summed E-state index contributed by atoms with van der Waals surface area (Å²) in [5.41, 5.74) is 11.8. The van der Waals surface area contributed by atoms with E-state index >= 15 is 0 Å². The molecule has 61 heavy (non-hydrogen) atoms. The smallest absolute Gasteiger partial charge is 0.126 e. The van der Waals surface area contributed by atoms with Crippen LogP contribution in [0.15, 0.2) is 35.5 Å². The molecule has 0 spiro atoms. The third-order valence-corrected chi connectivity index (χ3v) is 18.2. The van der Waals surface area contributed by atoms with E-state index in [2.05, 4.69) is 128 Å². The lowest BCUT2D eigenvalue weighted by Gasteiger charge is -2.54. The number of hydrogen-bond donors (Lipinski definition) is 0. The van der Waals surface area contributed by atoms with Crippen molar-refractivity contribution in [1.29, 1.82) is 0 Å². The Labute approximate surface area is 381 Å². The van der Waals surface area contributed by atoms with E-state index in [1.165, 1.54) is 149 Å². The van der Waals surface area contributed by atoms with Gasteiger partial charge in [-0.2, -0.15) is 0 Å². The van der Waals surface area contributed by atoms with Crippen LogP contribution in [-0.2, 0) is 6.42 Å². The highest BCUT2D eigenvalue weighted by Crippen LogP contribution is 2.66. The van der Waals surface area contributed by atoms with Crippen molar-refractivity contribution in [3.8, 4) is 5.75 Å². The quantitative estimate of drug-likeness (QED) is 0.151. The van der Waals surface area contributed by atoms with E-state index in [1.807, 2.05) is 19.4 Å². The van der Waals surface area contributed by atoms with Crippen LogP contribution in [0.5, 0.6) is 5.75 Å². The van der Waals surface area contributed by atoms with Gasteiger partial charge in [-0.1, -0.05) is 170 Å². The number of benzene rings is 1. The topological polar surface area (TPSA) is 9.23 Å². The number of rotatable bonds is 16. The molecule has 5 aliphatic rings. The number of fused-ring (bicyclic) bond motifs is 6. The molecule has 3 fully saturated rings. The summed E-state index contributed by atoms with van der Waals surface area (Å²) in [6.07, 6.45) is 36.2. The van der Waals surface area contributed by atoms with Crippen LogP contribution in [0.25, 0.3) is 0 Å². The Morgan fingerprint density at radius 1 is 0.639 bits per heavy atom. The highest BCUT2D eigenvalue weighted by molar-refractivity contribution is 5.55. The first-order chi connectivity index (χ1) is 28.8. The summed E-state index contributed by atoms with van der Waals surface area (Å²) in [7, 11) is 0. The molecule has 1 heteroatoms. The standard InChI is InChI=1S/C30H52O.C28H44.C2H6/c1-21(2)13-10-14-22(3)15-11-16-23(4)17-12-19-30(9)20-18-28-26(7)24(5)25(6)27(8)29(28)31-30;1-19(2)20(3)10-11-21(4)24-14-15-25-23-13-12-22-9-7-8-17-27(22,5)26(23)16-18-28(24,25)6;1-2/h21-23H,10-20H2,1-9H3;10-13,19-21,24-26H,7-9,14-18H2,1-6H3;1-2H3/b;11-10+;. The zero-order valence-corrected chi connectivity index (χ0v) is 43.8. The normalized spacial score (nSPS) is 30.0. The lowest BCUT2D eigenvalue weighted by atomic mass is 9.50. The summed E-state index contributed by atoms with van der Waals surface area (Å²) in [4.78, 5) is 0. The average molecular weight is 839 g/mol. The summed E-state index contributed by atoms with van der Waals surface area (Å²) in [5.74, 6) is 8.51. The predicted octanol–water partition coefficient (Wildman–Crippen LogP) is 18.8. The van der Waals surface area contributed by atoms with Crippen molar-refractivity contribution in [2.24, 2.45) is 64.1 Å². The third-order valence-electron chi connectivity index (χ3n) is 18.2. The van der Waals surface area contributed by atoms with Gasteiger partial charge < -0.3 is 4.74 Å². The van der Waals surface area contributed by atoms with Crippen molar-refractivity contribution in [3.63, 3.8) is 0 Å². The summed E-state index contributed by atoms with van der Waals surface area (Å²) in [6, 6.07) is 0. The molecule has 10 unspecified atom stereocenters. The van der Waals surface area contributed by atoms with Gasteiger partial charge in [-0.3, -0.25) is 0 Å². The van der Waals surface area contributed by atoms with Gasteiger partial charge in [-0.25, -0.2) is 0 Å². The van der Waals surface area contributed by atoms with Crippen LogP contribution in [-0.4, -0.2) is 5.60 Å². The maximum atomic E-state index is 6.72. The first kappa shape index (κ1) is 51.9. The average Bonchev–Trinajstić information content (AvgIpc) is 3.59. The van der Waals surface area contributed by atoms with E-state index in [0.717, 1.165) is 47.8 Å². The maximum Gasteiger partial charge on any atom is 0.126 e. The highest BCUT2D eigenvalue weighted by Gasteiger charge is 2.56. The van der Waals surface area contributed by atoms with Gasteiger partial charge in [-0.05, 0) is 197 Å². The molecule has 3 saturated carbocycles. The fourth-order valence-corrected chi connectivity index (χ4v) is 13.1. The van der Waals surface area contributed by atoms with Crippen molar-refractivity contribution < 1.29 is 4.74 Å². The van der Waals surface area contributed by atoms with Crippen molar-refractivity contribution in [2.45, 2.75) is 245 Å². The number of ether oxygens (including phenoxy) is 1. The van der Waals surface area contributed by atoms with Gasteiger partial charge in [0.2, 0.25) is 0 Å². The molecule has 0 bridgehead atoms. The fourth-order valence-electron chi connectivity index (χ4n) is 13.1. The van der Waals surface area contributed by atoms with Crippen LogP contribution in [0.3, 0.4) is 0 Å². The van der Waals surface area contributed by atoms with Gasteiger partial charge >= 0.3 is 0 Å². The zero-order valence-electron chi connectivity index (χ0n) is 43.8. The van der Waals surface area contributed by atoms with Crippen LogP contribution in [0.2, 0.25) is 0 Å². The van der Waals surface area contributed by atoms with Crippen molar-refractivity contribution in [2.75, 3.05) is 0 Å². The van der Waals surface area contributed by atoms with Crippen molar-refractivity contribution in [1.82, 2.24) is 0 Å². The minimum absolute atomic E-state index is 0.0105. The molecule has 1 aromatic rings. The Balaban J connectivity index is 0.000000259. The predicted molar refractivity (Wildman–Crippen MR) is 271 cm³/mol. The molecule has 1 aliphatic heterocycles. The minimum atomic E-state index is 0.0105. The van der Waals surface area contributed by atoms with Gasteiger partial charge in [0.15, 0.2) is 0 Å². The second-order valence-corrected chi connectivity index (χ2v) is 23.4. The van der Waals surface area contributed by atoms with Gasteiger partial charge in [0, 0.05) is 0 Å². The Bertz CT molecular complexity index is 1620. The van der Waals surface area contributed by atoms with Crippen LogP contribution >= 0.6 is 0 Å². The maximum absolute atomic E-state index is 6.72. The molecular formula is C60H102O. The lowest BCUT2D eigenvalue weighted by molar-refractivity contribution is 0.0513. The monoisotopic (exact) mass is 839 g/mol. The van der Waals surface area contributed by atoms with Crippen LogP contribution in [0.4, 0.5) is 0 Å². The second-order valence-electron chi connectivity index (χ2n) is 23.4. The van der Waals surface area contributed by atoms with E-state index in [9.17, 15) is 0 Å². The second kappa shape index (κ2) is 22.9. The molecule has 0 aromatic heterocycles. The first-order valence-corrected chi connectivity index (χ1v) is 26.7. The molecule has 0 N–H and O–H groups in total. The van der Waals surface area contributed by atoms with E-state index in [4.69, 9.17) is 4.74 Å². The number of hydrogen-bond acceptors (Lipinski definition) is 1. The Hall–Kier alpha value is -1.76. The van der Waals surface area contributed by atoms with Gasteiger partial charge in [0.25, 0.3) is 0 Å². The fraction of sp³-hybridized carbons (Fsp3) is 0.800. The van der Waals surface area contributed by atoms with Gasteiger partial charge in [0.1, 0.15) is 11.4 Å². The van der Waals surface area contributed by atoms with Gasteiger partial charge in [-0.15, -0.1) is 0 Å². The van der Waals surface area contributed by atoms with Crippen molar-refractivity contribution in [3.05, 3.63) is 63.3 Å². The highest BCUT2D eigenvalue weighted by atomic mass is 16.5.